The molecule has 4 nitrogen and oxygen atoms in total. The molecule has 2 atom stereocenters. The molecule has 0 bridgehead atoms. The molecule has 0 heterocycles. The normalized spacial score (nSPS) is 13.4. The van der Waals surface area contributed by atoms with E-state index < -0.39 is 11.8 Å². The largest absolute Gasteiger partial charge is 0.481 e. The summed E-state index contributed by atoms with van der Waals surface area (Å²) in [6.07, 6.45) is 2.28. The molecule has 0 aliphatic rings. The summed E-state index contributed by atoms with van der Waals surface area (Å²) >= 11 is 0. The molecule has 0 saturated heterocycles. The average molecular weight is 292 g/mol. The Morgan fingerprint density at radius 2 is 2.14 bits per heavy atom. The molecule has 0 aromatic heterocycles. The van der Waals surface area contributed by atoms with Gasteiger partial charge in [0.15, 0.2) is 0 Å². The van der Waals surface area contributed by atoms with E-state index in [0.717, 1.165) is 12.8 Å². The fourth-order valence-corrected chi connectivity index (χ4v) is 2.04. The fourth-order valence-electron chi connectivity index (χ4n) is 2.04. The van der Waals surface area contributed by atoms with Gasteiger partial charge in [0.05, 0.1) is 11.5 Å². The third kappa shape index (κ3) is 5.52. The van der Waals surface area contributed by atoms with Gasteiger partial charge in [-0.15, -0.1) is 0 Å². The van der Waals surface area contributed by atoms with Crippen LogP contribution < -0.4 is 5.32 Å². The second-order valence-electron chi connectivity index (χ2n) is 5.34. The number of carboxylic acid groups (broad SMARTS) is 1. The minimum atomic E-state index is -0.772. The molecule has 1 rings (SSSR count). The van der Waals surface area contributed by atoms with E-state index >= 15 is 0 Å². The lowest BCUT2D eigenvalue weighted by molar-refractivity contribution is -0.141. The number of hydrogen-bond acceptors (Lipinski definition) is 3. The Labute approximate surface area is 124 Å². The van der Waals surface area contributed by atoms with Crippen molar-refractivity contribution in [3.8, 4) is 6.07 Å². The molecular weight excluding hydrogens is 271 g/mol. The van der Waals surface area contributed by atoms with Crippen LogP contribution >= 0.6 is 0 Å². The van der Waals surface area contributed by atoms with E-state index in [1.54, 1.807) is 19.1 Å². The first kappa shape index (κ1) is 17.1. The van der Waals surface area contributed by atoms with Crippen molar-refractivity contribution in [2.45, 2.75) is 45.7 Å². The average Bonchev–Trinajstić information content (AvgIpc) is 2.46. The Bertz CT molecular complexity index is 525. The lowest BCUT2D eigenvalue weighted by Gasteiger charge is -2.15. The van der Waals surface area contributed by atoms with Gasteiger partial charge in [-0.3, -0.25) is 4.79 Å². The number of carboxylic acids is 1. The molecule has 1 aromatic rings. The molecule has 5 heteroatoms. The van der Waals surface area contributed by atoms with Crippen molar-refractivity contribution >= 4 is 5.97 Å². The minimum Gasteiger partial charge on any atom is -0.481 e. The molecule has 114 valence electrons. The van der Waals surface area contributed by atoms with E-state index in [1.807, 2.05) is 13.0 Å². The first-order valence-electron chi connectivity index (χ1n) is 7.09. The zero-order valence-electron chi connectivity index (χ0n) is 12.4. The van der Waals surface area contributed by atoms with Gasteiger partial charge in [-0.2, -0.15) is 5.26 Å². The lowest BCUT2D eigenvalue weighted by atomic mass is 10.0. The third-order valence-electron chi connectivity index (χ3n) is 3.54. The van der Waals surface area contributed by atoms with E-state index in [0.29, 0.717) is 18.5 Å². The van der Waals surface area contributed by atoms with Crippen molar-refractivity contribution in [3.63, 3.8) is 0 Å². The molecule has 2 unspecified atom stereocenters. The predicted octanol–water partition coefficient (Wildman–Crippen LogP) is 3.07. The summed E-state index contributed by atoms with van der Waals surface area (Å²) < 4.78 is 13.8. The van der Waals surface area contributed by atoms with Gasteiger partial charge in [-0.05, 0) is 25.8 Å². The van der Waals surface area contributed by atoms with Crippen LogP contribution in [-0.4, -0.2) is 17.1 Å². The van der Waals surface area contributed by atoms with Crippen molar-refractivity contribution in [2.24, 2.45) is 5.92 Å². The fraction of sp³-hybridized carbons (Fsp3) is 0.500. The maximum absolute atomic E-state index is 13.8. The second-order valence-corrected chi connectivity index (χ2v) is 5.34. The van der Waals surface area contributed by atoms with E-state index in [1.165, 1.54) is 6.07 Å². The van der Waals surface area contributed by atoms with Crippen LogP contribution in [0.3, 0.4) is 0 Å². The number of hydrogen-bond donors (Lipinski definition) is 2. The van der Waals surface area contributed by atoms with Gasteiger partial charge in [-0.1, -0.05) is 25.5 Å². The van der Waals surface area contributed by atoms with Gasteiger partial charge >= 0.3 is 5.97 Å². The Hall–Kier alpha value is -1.93. The Balaban J connectivity index is 2.38. The summed E-state index contributed by atoms with van der Waals surface area (Å²) in [6.45, 7) is 4.04. The number of nitrogens with zero attached hydrogens (tertiary/aromatic N) is 1. The van der Waals surface area contributed by atoms with Crippen molar-refractivity contribution < 1.29 is 14.3 Å². The summed E-state index contributed by atoms with van der Waals surface area (Å²) in [5, 5.41) is 20.8. The standard InChI is InChI=1S/C16H21FN2O2/c1-11(16(20)21)5-3-6-12(2)19-10-14-8-4-7-13(9-18)15(14)17/h4,7-8,11-12,19H,3,5-6,10H2,1-2H3,(H,20,21). The Morgan fingerprint density at radius 3 is 2.76 bits per heavy atom. The SMILES string of the molecule is CC(CCCC(C)C(=O)O)NCc1cccc(C#N)c1F. The van der Waals surface area contributed by atoms with Crippen LogP contribution in [0.25, 0.3) is 0 Å². The van der Waals surface area contributed by atoms with Gasteiger partial charge in [-0.25, -0.2) is 4.39 Å². The van der Waals surface area contributed by atoms with Crippen LogP contribution in [0, 0.1) is 23.1 Å². The highest BCUT2D eigenvalue weighted by Gasteiger charge is 2.12. The summed E-state index contributed by atoms with van der Waals surface area (Å²) in [7, 11) is 0. The topological polar surface area (TPSA) is 73.1 Å². The summed E-state index contributed by atoms with van der Waals surface area (Å²) in [5.74, 6) is -1.58. The van der Waals surface area contributed by atoms with Crippen molar-refractivity contribution in [2.75, 3.05) is 0 Å². The van der Waals surface area contributed by atoms with Crippen molar-refractivity contribution in [1.29, 1.82) is 5.26 Å². The molecule has 0 amide bonds. The first-order chi connectivity index (χ1) is 9.95. The monoisotopic (exact) mass is 292 g/mol. The molecule has 0 spiro atoms. The molecule has 0 radical (unpaired) electrons. The molecule has 0 aliphatic carbocycles. The van der Waals surface area contributed by atoms with Crippen LogP contribution in [0.1, 0.15) is 44.2 Å². The zero-order chi connectivity index (χ0) is 15.8. The summed E-state index contributed by atoms with van der Waals surface area (Å²) in [5.41, 5.74) is 0.525. The molecule has 2 N–H and O–H groups in total. The highest BCUT2D eigenvalue weighted by Crippen LogP contribution is 2.13. The summed E-state index contributed by atoms with van der Waals surface area (Å²) in [4.78, 5) is 10.7. The molecular formula is C16H21FN2O2. The number of nitrogens with one attached hydrogen (secondary N) is 1. The van der Waals surface area contributed by atoms with Gasteiger partial charge in [0.2, 0.25) is 0 Å². The highest BCUT2D eigenvalue weighted by atomic mass is 19.1. The van der Waals surface area contributed by atoms with Crippen molar-refractivity contribution in [3.05, 3.63) is 35.1 Å². The van der Waals surface area contributed by atoms with Crippen LogP contribution in [0.4, 0.5) is 4.39 Å². The smallest absolute Gasteiger partial charge is 0.306 e. The first-order valence-corrected chi connectivity index (χ1v) is 7.09. The summed E-state index contributed by atoms with van der Waals surface area (Å²) in [6, 6.07) is 6.76. The van der Waals surface area contributed by atoms with E-state index in [-0.39, 0.29) is 17.5 Å². The van der Waals surface area contributed by atoms with Crippen LogP contribution in [0.15, 0.2) is 18.2 Å². The van der Waals surface area contributed by atoms with Gasteiger partial charge in [0.1, 0.15) is 11.9 Å². The number of benzene rings is 1. The molecule has 0 fully saturated rings. The Morgan fingerprint density at radius 1 is 1.43 bits per heavy atom. The Kier molecular flexibility index (Phi) is 6.83. The zero-order valence-corrected chi connectivity index (χ0v) is 12.4. The van der Waals surface area contributed by atoms with Gasteiger partial charge in [0, 0.05) is 18.2 Å². The molecule has 1 aromatic carbocycles. The van der Waals surface area contributed by atoms with Crippen LogP contribution in [-0.2, 0) is 11.3 Å². The maximum atomic E-state index is 13.8. The number of halogens is 1. The number of carbonyl (C=O) groups is 1. The van der Waals surface area contributed by atoms with E-state index in [4.69, 9.17) is 10.4 Å². The molecule has 0 aliphatic heterocycles. The van der Waals surface area contributed by atoms with Crippen LogP contribution in [0.2, 0.25) is 0 Å². The number of aliphatic carboxylic acids is 1. The predicted molar refractivity (Wildman–Crippen MR) is 78.1 cm³/mol. The van der Waals surface area contributed by atoms with E-state index in [2.05, 4.69) is 5.32 Å². The minimum absolute atomic E-state index is 0.0530. The highest BCUT2D eigenvalue weighted by molar-refractivity contribution is 5.69. The third-order valence-corrected chi connectivity index (χ3v) is 3.54. The molecule has 21 heavy (non-hydrogen) atoms. The van der Waals surface area contributed by atoms with E-state index in [9.17, 15) is 9.18 Å². The second kappa shape index (κ2) is 8.38. The number of nitriles is 1. The number of rotatable bonds is 8. The van der Waals surface area contributed by atoms with Crippen LogP contribution in [0.5, 0.6) is 0 Å². The molecule has 0 saturated carbocycles. The quantitative estimate of drug-likeness (QED) is 0.772. The van der Waals surface area contributed by atoms with Crippen molar-refractivity contribution in [1.82, 2.24) is 5.32 Å². The maximum Gasteiger partial charge on any atom is 0.306 e. The lowest BCUT2D eigenvalue weighted by Crippen LogP contribution is -2.26. The van der Waals surface area contributed by atoms with Gasteiger partial charge < -0.3 is 10.4 Å². The van der Waals surface area contributed by atoms with Gasteiger partial charge in [0.25, 0.3) is 0 Å².